The second-order valence-corrected chi connectivity index (χ2v) is 2.97. The molecule has 0 aliphatic rings. The second kappa shape index (κ2) is 3.16. The van der Waals surface area contributed by atoms with Gasteiger partial charge in [-0.2, -0.15) is 0 Å². The van der Waals surface area contributed by atoms with E-state index in [9.17, 15) is 4.79 Å². The lowest BCUT2D eigenvalue weighted by Gasteiger charge is -1.93. The van der Waals surface area contributed by atoms with Crippen LogP contribution in [0.5, 0.6) is 0 Å². The SMILES string of the molecule is [2H]c1sc(C(=O)OC([2H])([2H])[2H])c(Br)c1[2H]. The summed E-state index contributed by atoms with van der Waals surface area (Å²) in [7, 11) is -2.81. The van der Waals surface area contributed by atoms with Gasteiger partial charge in [0.2, 0.25) is 0 Å². The van der Waals surface area contributed by atoms with Crippen LogP contribution in [-0.2, 0) is 4.74 Å². The van der Waals surface area contributed by atoms with Gasteiger partial charge in [0.05, 0.1) is 13.9 Å². The molecule has 2 nitrogen and oxygen atoms in total. The van der Waals surface area contributed by atoms with Crippen molar-refractivity contribution in [1.82, 2.24) is 0 Å². The zero-order valence-corrected chi connectivity index (χ0v) is 7.01. The maximum absolute atomic E-state index is 11.3. The van der Waals surface area contributed by atoms with E-state index in [2.05, 4.69) is 20.7 Å². The summed E-state index contributed by atoms with van der Waals surface area (Å²) in [4.78, 5) is 11.2. The van der Waals surface area contributed by atoms with Gasteiger partial charge in [0.1, 0.15) is 4.88 Å². The Morgan fingerprint density at radius 3 is 3.40 bits per heavy atom. The third-order valence-corrected chi connectivity index (χ3v) is 2.43. The fraction of sp³-hybridized carbons (Fsp3) is 0.167. The molecule has 0 N–H and O–H groups in total. The van der Waals surface area contributed by atoms with Crippen molar-refractivity contribution in [3.05, 3.63) is 20.7 Å². The van der Waals surface area contributed by atoms with Gasteiger partial charge in [0.15, 0.2) is 0 Å². The molecule has 0 saturated heterocycles. The molecular weight excluding hydrogens is 216 g/mol. The number of hydrogen-bond acceptors (Lipinski definition) is 3. The molecule has 0 atom stereocenters. The first-order valence-corrected chi connectivity index (χ1v) is 3.82. The van der Waals surface area contributed by atoms with Gasteiger partial charge in [0, 0.05) is 4.47 Å². The molecule has 0 unspecified atom stereocenters. The summed E-state index contributed by atoms with van der Waals surface area (Å²) in [5.41, 5.74) is 0. The molecule has 0 aliphatic carbocycles. The molecule has 1 aromatic heterocycles. The third kappa shape index (κ3) is 1.38. The predicted molar refractivity (Wildman–Crippen MR) is 43.4 cm³/mol. The van der Waals surface area contributed by atoms with Gasteiger partial charge in [-0.05, 0) is 27.3 Å². The molecule has 0 aliphatic heterocycles. The fourth-order valence-electron chi connectivity index (χ4n) is 0.401. The average molecular weight is 226 g/mol. The number of halogens is 1. The number of methoxy groups -OCH3 is 1. The van der Waals surface area contributed by atoms with Gasteiger partial charge >= 0.3 is 5.97 Å². The lowest BCUT2D eigenvalue weighted by atomic mass is 10.5. The van der Waals surface area contributed by atoms with Crippen molar-refractivity contribution in [1.29, 1.82) is 0 Å². The van der Waals surface area contributed by atoms with E-state index in [0.29, 0.717) is 11.3 Å². The highest BCUT2D eigenvalue weighted by Gasteiger charge is 2.10. The van der Waals surface area contributed by atoms with Crippen molar-refractivity contribution >= 4 is 33.2 Å². The number of ether oxygens (including phenoxy) is 1. The van der Waals surface area contributed by atoms with Crippen LogP contribution in [0.15, 0.2) is 15.9 Å². The lowest BCUT2D eigenvalue weighted by Crippen LogP contribution is -1.97. The molecule has 0 spiro atoms. The summed E-state index contributed by atoms with van der Waals surface area (Å²) in [6.45, 7) is 0. The number of esters is 1. The fourth-order valence-corrected chi connectivity index (χ4v) is 1.56. The van der Waals surface area contributed by atoms with Crippen LogP contribution in [0.25, 0.3) is 0 Å². The van der Waals surface area contributed by atoms with Crippen molar-refractivity contribution in [2.75, 3.05) is 7.04 Å². The van der Waals surface area contributed by atoms with Crippen LogP contribution in [0.4, 0.5) is 0 Å². The molecule has 1 heterocycles. The van der Waals surface area contributed by atoms with Crippen LogP contribution in [0.3, 0.4) is 0 Å². The summed E-state index contributed by atoms with van der Waals surface area (Å²) >= 11 is 3.63. The van der Waals surface area contributed by atoms with E-state index >= 15 is 0 Å². The quantitative estimate of drug-likeness (QED) is 0.687. The number of carbonyl (C=O) groups excluding carboxylic acids is 1. The van der Waals surface area contributed by atoms with Gasteiger partial charge in [-0.25, -0.2) is 4.79 Å². The molecular formula is C6H5BrO2S. The van der Waals surface area contributed by atoms with Gasteiger partial charge in [-0.3, -0.25) is 0 Å². The van der Waals surface area contributed by atoms with Crippen LogP contribution >= 0.6 is 27.3 Å². The van der Waals surface area contributed by atoms with E-state index in [4.69, 9.17) is 6.85 Å². The van der Waals surface area contributed by atoms with Crippen molar-refractivity contribution in [3.8, 4) is 0 Å². The summed E-state index contributed by atoms with van der Waals surface area (Å²) in [6.07, 6.45) is 0. The smallest absolute Gasteiger partial charge is 0.349 e. The van der Waals surface area contributed by atoms with E-state index in [0.717, 1.165) is 0 Å². The second-order valence-electron chi connectivity index (χ2n) is 1.36. The minimum Gasteiger partial charge on any atom is -0.465 e. The molecule has 54 valence electrons. The van der Waals surface area contributed by atoms with Gasteiger partial charge < -0.3 is 4.74 Å². The first kappa shape index (κ1) is 3.36. The predicted octanol–water partition coefficient (Wildman–Crippen LogP) is 2.30. The number of rotatable bonds is 1. The Kier molecular flexibility index (Phi) is 1.06. The van der Waals surface area contributed by atoms with Gasteiger partial charge in [0.25, 0.3) is 0 Å². The minimum absolute atomic E-state index is 0.0823. The molecule has 0 fully saturated rings. The molecule has 1 rings (SSSR count). The maximum atomic E-state index is 11.3. The van der Waals surface area contributed by atoms with Crippen LogP contribution in [0, 0.1) is 0 Å². The Morgan fingerprint density at radius 1 is 2.10 bits per heavy atom. The first-order valence-electron chi connectivity index (χ1n) is 4.71. The molecule has 0 bridgehead atoms. The highest BCUT2D eigenvalue weighted by molar-refractivity contribution is 9.10. The molecule has 0 saturated carbocycles. The van der Waals surface area contributed by atoms with Crippen LogP contribution in [0.1, 0.15) is 16.5 Å². The maximum Gasteiger partial charge on any atom is 0.349 e. The summed E-state index contributed by atoms with van der Waals surface area (Å²) < 4.78 is 39.0. The van der Waals surface area contributed by atoms with E-state index in [1.807, 2.05) is 0 Å². The standard InChI is InChI=1S/C6H5BrO2S/c1-9-6(8)5-4(7)2-3-10-5/h2-3H,1H3/i1D3,2D,3D. The van der Waals surface area contributed by atoms with Crippen molar-refractivity contribution in [2.24, 2.45) is 0 Å². The number of carbonyl (C=O) groups is 1. The summed E-state index contributed by atoms with van der Waals surface area (Å²) in [6, 6.07) is -0.155. The Hall–Kier alpha value is -0.350. The Bertz CT molecular complexity index is 399. The monoisotopic (exact) mass is 225 g/mol. The molecule has 0 amide bonds. The Morgan fingerprint density at radius 2 is 2.90 bits per heavy atom. The Balaban J connectivity index is 2.98. The first-order chi connectivity index (χ1) is 6.72. The van der Waals surface area contributed by atoms with Gasteiger partial charge in [-0.1, -0.05) is 0 Å². The van der Waals surface area contributed by atoms with Crippen molar-refractivity contribution in [2.45, 2.75) is 0 Å². The minimum atomic E-state index is -2.81. The molecule has 4 heteroatoms. The largest absolute Gasteiger partial charge is 0.465 e. The summed E-state index contributed by atoms with van der Waals surface area (Å²) in [5, 5.41) is -0.126. The van der Waals surface area contributed by atoms with Crippen molar-refractivity contribution in [3.63, 3.8) is 0 Å². The Labute approximate surface area is 78.0 Å². The molecule has 0 radical (unpaired) electrons. The third-order valence-electron chi connectivity index (χ3n) is 0.791. The zero-order valence-electron chi connectivity index (χ0n) is 9.60. The van der Waals surface area contributed by atoms with E-state index in [1.54, 1.807) is 0 Å². The van der Waals surface area contributed by atoms with E-state index < -0.39 is 13.0 Å². The van der Waals surface area contributed by atoms with Gasteiger partial charge in [-0.15, -0.1) is 11.3 Å². The molecule has 0 aromatic carbocycles. The topological polar surface area (TPSA) is 26.3 Å². The van der Waals surface area contributed by atoms with Crippen LogP contribution < -0.4 is 0 Å². The highest BCUT2D eigenvalue weighted by atomic mass is 79.9. The van der Waals surface area contributed by atoms with E-state index in [-0.39, 0.29) is 20.7 Å². The highest BCUT2D eigenvalue weighted by Crippen LogP contribution is 2.22. The number of thiophene rings is 1. The average Bonchev–Trinajstić information content (AvgIpc) is 2.30. The number of hydrogen-bond donors (Lipinski definition) is 0. The molecule has 10 heavy (non-hydrogen) atoms. The summed E-state index contributed by atoms with van der Waals surface area (Å²) in [5.74, 6) is -1.06. The van der Waals surface area contributed by atoms with Crippen LogP contribution in [-0.4, -0.2) is 13.0 Å². The lowest BCUT2D eigenvalue weighted by molar-refractivity contribution is 0.0605. The van der Waals surface area contributed by atoms with Crippen LogP contribution in [0.2, 0.25) is 0 Å². The van der Waals surface area contributed by atoms with Crippen molar-refractivity contribution < 1.29 is 16.4 Å². The molecule has 1 aromatic rings. The van der Waals surface area contributed by atoms with E-state index in [1.165, 1.54) is 0 Å². The normalized spacial score (nSPS) is 17.9. The zero-order chi connectivity index (χ0) is 11.8.